The van der Waals surface area contributed by atoms with E-state index in [9.17, 15) is 5.26 Å². The largest absolute Gasteiger partial charge is 0.208 e. The summed E-state index contributed by atoms with van der Waals surface area (Å²) in [6, 6.07) is 83.0. The van der Waals surface area contributed by atoms with Gasteiger partial charge in [-0.05, 0) is 91.0 Å². The smallest absolute Gasteiger partial charge is 0.164 e. The molecule has 1 aromatic heterocycles. The van der Waals surface area contributed by atoms with Gasteiger partial charge in [-0.2, -0.15) is 5.26 Å². The molecule has 4 heteroatoms. The van der Waals surface area contributed by atoms with E-state index < -0.39 is 5.41 Å². The van der Waals surface area contributed by atoms with Crippen molar-refractivity contribution in [2.24, 2.45) is 0 Å². The van der Waals surface area contributed by atoms with Crippen LogP contribution in [-0.4, -0.2) is 15.0 Å². The standard InChI is InChI=1S/C59H38N4/c60-39-40-29-31-42(32-30-40)51-37-53-49-26-15-16-28-54(49)59(46-21-9-3-10-22-46,47-23-11-4-12-24-47)55(53)38-52(51)43-33-35-45(36-34-43)57-61-56(44-19-7-2-8-20-44)62-58(63-57)50-27-14-13-25-48(50)41-17-5-1-6-18-41/h1-38H. The van der Waals surface area contributed by atoms with Crippen LogP contribution in [0.2, 0.25) is 0 Å². The van der Waals surface area contributed by atoms with Crippen molar-refractivity contribution in [3.63, 3.8) is 0 Å². The highest BCUT2D eigenvalue weighted by Gasteiger charge is 2.46. The summed E-state index contributed by atoms with van der Waals surface area (Å²) in [5, 5.41) is 9.73. The highest BCUT2D eigenvalue weighted by Crippen LogP contribution is 2.58. The van der Waals surface area contributed by atoms with E-state index in [1.165, 1.54) is 33.4 Å². The highest BCUT2D eigenvalue weighted by molar-refractivity contribution is 5.95. The molecule has 0 spiro atoms. The zero-order chi connectivity index (χ0) is 42.2. The normalized spacial score (nSPS) is 12.2. The van der Waals surface area contributed by atoms with Gasteiger partial charge in [0.2, 0.25) is 0 Å². The van der Waals surface area contributed by atoms with E-state index in [2.05, 4.69) is 182 Å². The van der Waals surface area contributed by atoms with Crippen molar-refractivity contribution in [1.82, 2.24) is 15.0 Å². The Kier molecular flexibility index (Phi) is 9.41. The first kappa shape index (κ1) is 37.5. The lowest BCUT2D eigenvalue weighted by atomic mass is 9.67. The average molecular weight is 803 g/mol. The number of nitrogens with zero attached hydrogens (tertiary/aromatic N) is 4. The summed E-state index contributed by atoms with van der Waals surface area (Å²) in [6.45, 7) is 0. The van der Waals surface area contributed by atoms with Crippen LogP contribution in [0.25, 0.3) is 78.7 Å². The first-order valence-electron chi connectivity index (χ1n) is 21.2. The van der Waals surface area contributed by atoms with Gasteiger partial charge in [-0.3, -0.25) is 0 Å². The molecule has 1 heterocycles. The van der Waals surface area contributed by atoms with E-state index in [-0.39, 0.29) is 0 Å². The van der Waals surface area contributed by atoms with Crippen molar-refractivity contribution in [3.8, 4) is 84.7 Å². The average Bonchev–Trinajstić information content (AvgIpc) is 3.67. The molecule has 63 heavy (non-hydrogen) atoms. The topological polar surface area (TPSA) is 62.5 Å². The van der Waals surface area contributed by atoms with Gasteiger partial charge in [0.15, 0.2) is 17.5 Å². The second-order valence-corrected chi connectivity index (χ2v) is 15.8. The molecule has 0 saturated carbocycles. The predicted molar refractivity (Wildman–Crippen MR) is 254 cm³/mol. The van der Waals surface area contributed by atoms with E-state index >= 15 is 0 Å². The van der Waals surface area contributed by atoms with Crippen molar-refractivity contribution in [1.29, 1.82) is 5.26 Å². The molecule has 0 saturated heterocycles. The number of fused-ring (bicyclic) bond motifs is 3. The van der Waals surface area contributed by atoms with Gasteiger partial charge >= 0.3 is 0 Å². The second-order valence-electron chi connectivity index (χ2n) is 15.8. The van der Waals surface area contributed by atoms with Crippen LogP contribution in [0.15, 0.2) is 231 Å². The zero-order valence-corrected chi connectivity index (χ0v) is 34.2. The lowest BCUT2D eigenvalue weighted by Crippen LogP contribution is -2.28. The Morgan fingerprint density at radius 3 is 1.30 bits per heavy atom. The lowest BCUT2D eigenvalue weighted by molar-refractivity contribution is 0.769. The van der Waals surface area contributed by atoms with Crippen molar-refractivity contribution in [2.75, 3.05) is 0 Å². The van der Waals surface area contributed by atoms with E-state index in [1.807, 2.05) is 54.6 Å². The second kappa shape index (κ2) is 15.8. The summed E-state index contributed by atoms with van der Waals surface area (Å²) in [5.74, 6) is 1.82. The first-order valence-corrected chi connectivity index (χ1v) is 21.2. The number of aromatic nitrogens is 3. The number of hydrogen-bond donors (Lipinski definition) is 0. The summed E-state index contributed by atoms with van der Waals surface area (Å²) < 4.78 is 0. The van der Waals surface area contributed by atoms with Crippen LogP contribution in [0.3, 0.4) is 0 Å². The molecule has 0 fully saturated rings. The quantitative estimate of drug-likeness (QED) is 0.153. The Morgan fingerprint density at radius 2 is 0.714 bits per heavy atom. The van der Waals surface area contributed by atoms with E-state index in [4.69, 9.17) is 15.0 Å². The molecule has 0 bridgehead atoms. The Hall–Kier alpha value is -8.52. The van der Waals surface area contributed by atoms with Crippen molar-refractivity contribution < 1.29 is 0 Å². The molecule has 1 aliphatic carbocycles. The van der Waals surface area contributed by atoms with Crippen molar-refractivity contribution >= 4 is 0 Å². The monoisotopic (exact) mass is 802 g/mol. The van der Waals surface area contributed by atoms with Crippen LogP contribution < -0.4 is 0 Å². The van der Waals surface area contributed by atoms with Crippen LogP contribution >= 0.6 is 0 Å². The van der Waals surface area contributed by atoms with Gasteiger partial charge in [0.25, 0.3) is 0 Å². The maximum atomic E-state index is 9.73. The van der Waals surface area contributed by atoms with Gasteiger partial charge < -0.3 is 0 Å². The lowest BCUT2D eigenvalue weighted by Gasteiger charge is -2.34. The Morgan fingerprint density at radius 1 is 0.302 bits per heavy atom. The minimum atomic E-state index is -0.558. The minimum absolute atomic E-state index is 0.558. The molecule has 0 atom stereocenters. The summed E-state index contributed by atoms with van der Waals surface area (Å²) in [4.78, 5) is 15.4. The number of hydrogen-bond acceptors (Lipinski definition) is 4. The molecule has 4 nitrogen and oxygen atoms in total. The third kappa shape index (κ3) is 6.52. The van der Waals surface area contributed by atoms with Gasteiger partial charge in [-0.15, -0.1) is 0 Å². The molecule has 10 aromatic rings. The molecule has 0 unspecified atom stereocenters. The van der Waals surface area contributed by atoms with Gasteiger partial charge in [0.05, 0.1) is 17.0 Å². The molecule has 0 N–H and O–H groups in total. The first-order chi connectivity index (χ1) is 31.2. The SMILES string of the molecule is N#Cc1ccc(-c2cc3c(cc2-c2ccc(-c4nc(-c5ccccc5)nc(-c5ccccc5-c5ccccc5)n4)cc2)C(c2ccccc2)(c2ccccc2)c2ccccc2-3)cc1. The Labute approximate surface area is 367 Å². The van der Waals surface area contributed by atoms with Crippen LogP contribution in [-0.2, 0) is 5.41 Å². The Balaban J connectivity index is 1.11. The summed E-state index contributed by atoms with van der Waals surface area (Å²) in [6.07, 6.45) is 0. The number of rotatable bonds is 8. The summed E-state index contributed by atoms with van der Waals surface area (Å²) in [5.41, 5.74) is 16.5. The highest BCUT2D eigenvalue weighted by atomic mass is 15.0. The maximum Gasteiger partial charge on any atom is 0.164 e. The fourth-order valence-corrected chi connectivity index (χ4v) is 9.38. The van der Waals surface area contributed by atoms with Crippen molar-refractivity contribution in [3.05, 3.63) is 258 Å². The minimum Gasteiger partial charge on any atom is -0.208 e. The van der Waals surface area contributed by atoms with E-state index in [1.54, 1.807) is 0 Å². The van der Waals surface area contributed by atoms with Crippen molar-refractivity contribution in [2.45, 2.75) is 5.41 Å². The van der Waals surface area contributed by atoms with Crippen LogP contribution in [0.1, 0.15) is 27.8 Å². The molecular formula is C59H38N4. The molecule has 11 rings (SSSR count). The van der Waals surface area contributed by atoms with Gasteiger partial charge in [-0.25, -0.2) is 15.0 Å². The number of benzene rings is 9. The van der Waals surface area contributed by atoms with E-state index in [0.717, 1.165) is 50.1 Å². The fourth-order valence-electron chi connectivity index (χ4n) is 9.38. The number of nitriles is 1. The zero-order valence-electron chi connectivity index (χ0n) is 34.2. The molecule has 9 aromatic carbocycles. The van der Waals surface area contributed by atoms with Gasteiger partial charge in [-0.1, -0.05) is 206 Å². The summed E-state index contributed by atoms with van der Waals surface area (Å²) in [7, 11) is 0. The van der Waals surface area contributed by atoms with Crippen LogP contribution in [0.5, 0.6) is 0 Å². The maximum absolute atomic E-state index is 9.73. The van der Waals surface area contributed by atoms with Gasteiger partial charge in [0, 0.05) is 16.7 Å². The fraction of sp³-hybridized carbons (Fsp3) is 0.0169. The molecule has 294 valence electrons. The molecule has 1 aliphatic rings. The third-order valence-corrected chi connectivity index (χ3v) is 12.3. The summed E-state index contributed by atoms with van der Waals surface area (Å²) >= 11 is 0. The molecular weight excluding hydrogens is 765 g/mol. The third-order valence-electron chi connectivity index (χ3n) is 12.3. The van der Waals surface area contributed by atoms with Crippen LogP contribution in [0.4, 0.5) is 0 Å². The van der Waals surface area contributed by atoms with Gasteiger partial charge in [0.1, 0.15) is 0 Å². The molecule has 0 amide bonds. The van der Waals surface area contributed by atoms with Crippen LogP contribution in [0, 0.1) is 11.3 Å². The predicted octanol–water partition coefficient (Wildman–Crippen LogP) is 14.1. The molecule has 0 radical (unpaired) electrons. The molecule has 0 aliphatic heterocycles. The Bertz CT molecular complexity index is 3260. The van der Waals surface area contributed by atoms with E-state index in [0.29, 0.717) is 23.0 Å².